The summed E-state index contributed by atoms with van der Waals surface area (Å²) in [4.78, 5) is 10.7. The van der Waals surface area contributed by atoms with Crippen LogP contribution < -0.4 is 4.74 Å². The number of carboxylic acids is 1. The van der Waals surface area contributed by atoms with Gasteiger partial charge in [-0.15, -0.1) is 0 Å². The number of carboxylic acid groups (broad SMARTS) is 1. The fourth-order valence-electron chi connectivity index (χ4n) is 3.71. The van der Waals surface area contributed by atoms with Crippen molar-refractivity contribution in [2.45, 2.75) is 33.1 Å². The summed E-state index contributed by atoms with van der Waals surface area (Å²) in [5.74, 6) is 1.54. The SMILES string of the molecule is CC(=CCOc1ccccc1Cc1c(C)noc1-c1ccc(-c2ccco2)cc1)CCC(=O)O. The molecular weight excluding hydrogens is 430 g/mol. The molecule has 1 N–H and O–H groups in total. The van der Waals surface area contributed by atoms with E-state index < -0.39 is 5.97 Å². The van der Waals surface area contributed by atoms with Crippen LogP contribution in [0.15, 0.2) is 87.5 Å². The van der Waals surface area contributed by atoms with Crippen LogP contribution in [-0.4, -0.2) is 22.8 Å². The van der Waals surface area contributed by atoms with E-state index >= 15 is 0 Å². The Morgan fingerprint density at radius 1 is 1.03 bits per heavy atom. The summed E-state index contributed by atoms with van der Waals surface area (Å²) in [6, 6.07) is 19.7. The number of hydrogen-bond acceptors (Lipinski definition) is 5. The van der Waals surface area contributed by atoms with Crippen LogP contribution in [0, 0.1) is 6.92 Å². The highest BCUT2D eigenvalue weighted by molar-refractivity contribution is 5.68. The predicted octanol–water partition coefficient (Wildman–Crippen LogP) is 6.69. The third-order valence-corrected chi connectivity index (χ3v) is 5.68. The van der Waals surface area contributed by atoms with Crippen LogP contribution >= 0.6 is 0 Å². The van der Waals surface area contributed by atoms with E-state index in [4.69, 9.17) is 18.8 Å². The minimum atomic E-state index is -0.797. The fourth-order valence-corrected chi connectivity index (χ4v) is 3.71. The van der Waals surface area contributed by atoms with E-state index in [-0.39, 0.29) is 6.42 Å². The molecule has 2 aromatic carbocycles. The van der Waals surface area contributed by atoms with E-state index in [0.717, 1.165) is 50.8 Å². The van der Waals surface area contributed by atoms with Crippen LogP contribution in [0.5, 0.6) is 5.75 Å². The minimum absolute atomic E-state index is 0.122. The van der Waals surface area contributed by atoms with Crippen molar-refractivity contribution in [1.82, 2.24) is 5.16 Å². The van der Waals surface area contributed by atoms with Gasteiger partial charge in [0.25, 0.3) is 0 Å². The van der Waals surface area contributed by atoms with Crippen LogP contribution in [-0.2, 0) is 11.2 Å². The van der Waals surface area contributed by atoms with Crippen LogP contribution in [0.25, 0.3) is 22.6 Å². The smallest absolute Gasteiger partial charge is 0.303 e. The molecule has 2 heterocycles. The van der Waals surface area contributed by atoms with E-state index in [0.29, 0.717) is 19.4 Å². The zero-order chi connectivity index (χ0) is 23.9. The molecule has 4 aromatic rings. The van der Waals surface area contributed by atoms with Gasteiger partial charge < -0.3 is 18.8 Å². The number of benzene rings is 2. The number of carbonyl (C=O) groups is 1. The lowest BCUT2D eigenvalue weighted by Gasteiger charge is -2.11. The van der Waals surface area contributed by atoms with Crippen molar-refractivity contribution in [2.75, 3.05) is 6.61 Å². The van der Waals surface area contributed by atoms with Crippen LogP contribution in [0.1, 0.15) is 36.6 Å². The molecule has 0 saturated carbocycles. The van der Waals surface area contributed by atoms with E-state index in [1.165, 1.54) is 0 Å². The Morgan fingerprint density at radius 3 is 2.53 bits per heavy atom. The maximum absolute atomic E-state index is 10.7. The summed E-state index contributed by atoms with van der Waals surface area (Å²) in [6.07, 6.45) is 4.84. The summed E-state index contributed by atoms with van der Waals surface area (Å²) in [5, 5.41) is 13.1. The zero-order valence-electron chi connectivity index (χ0n) is 19.3. The summed E-state index contributed by atoms with van der Waals surface area (Å²) in [7, 11) is 0. The first-order valence-corrected chi connectivity index (χ1v) is 11.2. The molecule has 0 fully saturated rings. The highest BCUT2D eigenvalue weighted by Crippen LogP contribution is 2.32. The molecule has 0 bridgehead atoms. The molecule has 34 heavy (non-hydrogen) atoms. The summed E-state index contributed by atoms with van der Waals surface area (Å²) >= 11 is 0. The molecule has 0 unspecified atom stereocenters. The summed E-state index contributed by atoms with van der Waals surface area (Å²) < 4.78 is 17.2. The maximum Gasteiger partial charge on any atom is 0.303 e. The summed E-state index contributed by atoms with van der Waals surface area (Å²) in [5.41, 5.74) is 5.81. The highest BCUT2D eigenvalue weighted by atomic mass is 16.5. The normalized spacial score (nSPS) is 11.5. The van der Waals surface area contributed by atoms with Gasteiger partial charge in [0.2, 0.25) is 0 Å². The number of aryl methyl sites for hydroxylation is 1. The standard InChI is InChI=1S/C28H27NO5/c1-19(9-14-27(30)31)15-17-33-26-7-4-3-6-23(26)18-24-20(2)29-34-28(24)22-12-10-21(11-13-22)25-8-5-16-32-25/h3-8,10-13,15-16H,9,14,17-18H2,1-2H3,(H,30,31). The number of aliphatic carboxylic acids is 1. The number of ether oxygens (including phenoxy) is 1. The van der Waals surface area contributed by atoms with Gasteiger partial charge in [-0.1, -0.05) is 53.2 Å². The summed E-state index contributed by atoms with van der Waals surface area (Å²) in [6.45, 7) is 4.24. The minimum Gasteiger partial charge on any atom is -0.489 e. The van der Waals surface area contributed by atoms with Gasteiger partial charge in [0.15, 0.2) is 5.76 Å². The van der Waals surface area contributed by atoms with Gasteiger partial charge >= 0.3 is 5.97 Å². The first-order valence-electron chi connectivity index (χ1n) is 11.2. The average molecular weight is 458 g/mol. The van der Waals surface area contributed by atoms with Gasteiger partial charge in [0.05, 0.1) is 12.0 Å². The Kier molecular flexibility index (Phi) is 7.28. The molecule has 0 aliphatic rings. The molecule has 0 amide bonds. The largest absolute Gasteiger partial charge is 0.489 e. The molecule has 0 radical (unpaired) electrons. The monoisotopic (exact) mass is 457 g/mol. The van der Waals surface area contributed by atoms with Gasteiger partial charge in [0, 0.05) is 29.5 Å². The molecule has 6 heteroatoms. The van der Waals surface area contributed by atoms with Crippen LogP contribution in [0.3, 0.4) is 0 Å². The quantitative estimate of drug-likeness (QED) is 0.267. The van der Waals surface area contributed by atoms with Crippen molar-refractivity contribution in [3.8, 4) is 28.4 Å². The molecular formula is C28H27NO5. The second-order valence-corrected chi connectivity index (χ2v) is 8.17. The molecule has 4 rings (SSSR count). The lowest BCUT2D eigenvalue weighted by Crippen LogP contribution is -2.01. The van der Waals surface area contributed by atoms with E-state index in [1.54, 1.807) is 6.26 Å². The Hall–Kier alpha value is -4.06. The van der Waals surface area contributed by atoms with Gasteiger partial charge in [-0.2, -0.15) is 0 Å². The molecule has 0 spiro atoms. The molecule has 0 aliphatic heterocycles. The van der Waals surface area contributed by atoms with Crippen molar-refractivity contribution < 1.29 is 23.6 Å². The van der Waals surface area contributed by atoms with Crippen molar-refractivity contribution in [1.29, 1.82) is 0 Å². The Labute approximate surface area is 198 Å². The van der Waals surface area contributed by atoms with Gasteiger partial charge in [-0.05, 0) is 50.1 Å². The number of aromatic nitrogens is 1. The predicted molar refractivity (Wildman–Crippen MR) is 130 cm³/mol. The molecule has 0 atom stereocenters. The van der Waals surface area contributed by atoms with Crippen molar-refractivity contribution >= 4 is 5.97 Å². The Balaban J connectivity index is 1.50. The number of allylic oxidation sites excluding steroid dienone is 1. The van der Waals surface area contributed by atoms with Crippen LogP contribution in [0.4, 0.5) is 0 Å². The third kappa shape index (κ3) is 5.64. The van der Waals surface area contributed by atoms with Crippen molar-refractivity contribution in [3.63, 3.8) is 0 Å². The topological polar surface area (TPSA) is 85.7 Å². The average Bonchev–Trinajstić information content (AvgIpc) is 3.50. The maximum atomic E-state index is 10.7. The van der Waals surface area contributed by atoms with Crippen molar-refractivity contribution in [3.05, 3.63) is 95.4 Å². The Morgan fingerprint density at radius 2 is 1.79 bits per heavy atom. The lowest BCUT2D eigenvalue weighted by atomic mass is 9.98. The number of rotatable bonds is 10. The molecule has 0 saturated heterocycles. The van der Waals surface area contributed by atoms with E-state index in [1.807, 2.05) is 80.6 Å². The van der Waals surface area contributed by atoms with Gasteiger partial charge in [-0.25, -0.2) is 0 Å². The third-order valence-electron chi connectivity index (χ3n) is 5.68. The van der Waals surface area contributed by atoms with Crippen molar-refractivity contribution in [2.24, 2.45) is 0 Å². The number of para-hydroxylation sites is 1. The van der Waals surface area contributed by atoms with Gasteiger partial charge in [0.1, 0.15) is 18.1 Å². The Bertz CT molecular complexity index is 1270. The molecule has 0 aliphatic carbocycles. The number of furan rings is 1. The number of hydrogen-bond donors (Lipinski definition) is 1. The lowest BCUT2D eigenvalue weighted by molar-refractivity contribution is -0.136. The molecule has 6 nitrogen and oxygen atoms in total. The fraction of sp³-hybridized carbons (Fsp3) is 0.214. The van der Waals surface area contributed by atoms with Crippen LogP contribution in [0.2, 0.25) is 0 Å². The first kappa shape index (κ1) is 23.1. The van der Waals surface area contributed by atoms with Gasteiger partial charge in [-0.3, -0.25) is 4.79 Å². The second-order valence-electron chi connectivity index (χ2n) is 8.17. The zero-order valence-corrected chi connectivity index (χ0v) is 19.3. The second kappa shape index (κ2) is 10.7. The highest BCUT2D eigenvalue weighted by Gasteiger charge is 2.17. The van der Waals surface area contributed by atoms with E-state index in [9.17, 15) is 4.79 Å². The number of nitrogens with zero attached hydrogens (tertiary/aromatic N) is 1. The van der Waals surface area contributed by atoms with E-state index in [2.05, 4.69) is 5.16 Å². The molecule has 2 aromatic heterocycles. The first-order chi connectivity index (χ1) is 16.5. The molecule has 174 valence electrons.